The molecule has 0 aromatic rings. The van der Waals surface area contributed by atoms with Crippen LogP contribution in [0.5, 0.6) is 0 Å². The van der Waals surface area contributed by atoms with Crippen LogP contribution in [0.15, 0.2) is 0 Å². The molecule has 0 spiro atoms. The molecule has 0 fully saturated rings. The summed E-state index contributed by atoms with van der Waals surface area (Å²) in [6.45, 7) is 0. The van der Waals surface area contributed by atoms with Gasteiger partial charge in [0.25, 0.3) is 0 Å². The Morgan fingerprint density at radius 2 is 0.783 bits per heavy atom. The smallest absolute Gasteiger partial charge is 0.778 e. The number of hydrogen-bond donors (Lipinski definition) is 3. The van der Waals surface area contributed by atoms with E-state index >= 15 is 0 Å². The molecule has 20 heteroatoms. The van der Waals surface area contributed by atoms with Crippen molar-refractivity contribution in [3.63, 3.8) is 0 Å². The van der Waals surface area contributed by atoms with Gasteiger partial charge >= 0.3 is 106 Å². The summed E-state index contributed by atoms with van der Waals surface area (Å²) in [6.07, 6.45) is -3.98. The van der Waals surface area contributed by atoms with Gasteiger partial charge in [0, 0.05) is 0 Å². The molecule has 3 atom stereocenters. The third-order valence-electron chi connectivity index (χ3n) is 1.14. The van der Waals surface area contributed by atoms with Crippen LogP contribution >= 0.6 is 22.8 Å². The van der Waals surface area contributed by atoms with Gasteiger partial charge in [0.05, 0.1) is 18.9 Å². The second-order valence-corrected chi connectivity index (χ2v) is 7.68. The summed E-state index contributed by atoms with van der Waals surface area (Å²) in [5, 5.41) is 0. The molecule has 0 aliphatic rings. The zero-order valence-corrected chi connectivity index (χ0v) is 22.1. The SMILES string of the molecule is O.O.O.O=P([O-])(O)CN(CP(=O)([O-])O)CP(=O)([O-])O.[Cu+2].[Na+].[Na+].[Na+]. The van der Waals surface area contributed by atoms with Crippen LogP contribution in [0, 0.1) is 0 Å². The fraction of sp³-hybridized carbons (Fsp3) is 1.00. The van der Waals surface area contributed by atoms with Gasteiger partial charge in [-0.3, -0.25) is 4.90 Å². The third kappa shape index (κ3) is 41.4. The van der Waals surface area contributed by atoms with E-state index in [0.29, 0.717) is 0 Å². The summed E-state index contributed by atoms with van der Waals surface area (Å²) >= 11 is 0. The van der Waals surface area contributed by atoms with Gasteiger partial charge in [-0.2, -0.15) is 0 Å². The standard InChI is InChI=1S/C3H12NO9P3.Cu.3Na.3H2O/c5-14(6,7)1-4(2-15(8,9)10)3-16(11,12)13;;;;;;;/h1-3H2,(H2,5,6,7)(H2,8,9,10)(H2,11,12,13);;;;;3*1H2/q;+2;3*+1;;;/p-3. The van der Waals surface area contributed by atoms with Crippen LogP contribution in [0.1, 0.15) is 0 Å². The van der Waals surface area contributed by atoms with Gasteiger partial charge in [0.15, 0.2) is 0 Å². The molecule has 0 saturated carbocycles. The van der Waals surface area contributed by atoms with Gasteiger partial charge in [-0.05, 0) is 0 Å². The molecule has 1 radical (unpaired) electrons. The molecular formula is C3H15CuNNa3O12P3+2. The molecular weight excluding hydrogens is 467 g/mol. The Labute approximate surface area is 209 Å². The van der Waals surface area contributed by atoms with Crippen molar-refractivity contribution >= 4 is 22.8 Å². The maximum Gasteiger partial charge on any atom is 2.00 e. The quantitative estimate of drug-likeness (QED) is 0.237. The van der Waals surface area contributed by atoms with Crippen molar-refractivity contribution in [1.82, 2.24) is 4.90 Å². The zero-order chi connectivity index (χ0) is 13.2. The summed E-state index contributed by atoms with van der Waals surface area (Å²) in [4.78, 5) is 56.6. The van der Waals surface area contributed by atoms with E-state index in [1.54, 1.807) is 0 Å². The minimum Gasteiger partial charge on any atom is -0.778 e. The monoisotopic (exact) mass is 482 g/mol. The van der Waals surface area contributed by atoms with Gasteiger partial charge in [-0.1, -0.05) is 0 Å². The van der Waals surface area contributed by atoms with E-state index in [2.05, 4.69) is 0 Å². The molecule has 0 saturated heterocycles. The van der Waals surface area contributed by atoms with Gasteiger partial charge in [0.1, 0.15) is 22.8 Å². The minimum absolute atomic E-state index is 0. The summed E-state index contributed by atoms with van der Waals surface area (Å²) in [5.41, 5.74) is 0. The van der Waals surface area contributed by atoms with Crippen LogP contribution in [0.3, 0.4) is 0 Å². The van der Waals surface area contributed by atoms with E-state index < -0.39 is 41.6 Å². The maximum atomic E-state index is 10.4. The Bertz CT molecular complexity index is 326. The second kappa shape index (κ2) is 20.5. The van der Waals surface area contributed by atoms with Crippen LogP contribution in [0.4, 0.5) is 0 Å². The Balaban J connectivity index is -0.0000000536. The maximum absolute atomic E-state index is 10.4. The predicted octanol–water partition coefficient (Wildman–Crippen LogP) is -14.7. The number of rotatable bonds is 6. The Hall–Kier alpha value is 3.81. The molecule has 3 unspecified atom stereocenters. The Morgan fingerprint density at radius 1 is 0.652 bits per heavy atom. The summed E-state index contributed by atoms with van der Waals surface area (Å²) in [5.74, 6) is 0. The van der Waals surface area contributed by atoms with Crippen molar-refractivity contribution in [3.8, 4) is 0 Å². The molecule has 0 amide bonds. The molecule has 0 aromatic heterocycles. The normalized spacial score (nSPS) is 16.3. The van der Waals surface area contributed by atoms with Gasteiger partial charge < -0.3 is 59.5 Å². The molecule has 0 aliphatic carbocycles. The molecule has 131 valence electrons. The van der Waals surface area contributed by atoms with Crippen molar-refractivity contribution in [1.29, 1.82) is 0 Å². The predicted molar refractivity (Wildman–Crippen MR) is 56.8 cm³/mol. The van der Waals surface area contributed by atoms with E-state index in [9.17, 15) is 28.4 Å². The average molecular weight is 483 g/mol. The first-order valence-corrected chi connectivity index (χ1v) is 8.88. The van der Waals surface area contributed by atoms with Crippen LogP contribution in [0.2, 0.25) is 0 Å². The first-order chi connectivity index (χ1) is 6.79. The molecule has 23 heavy (non-hydrogen) atoms. The molecule has 0 bridgehead atoms. The largest absolute Gasteiger partial charge is 2.00 e. The number of nitrogens with zero attached hydrogens (tertiary/aromatic N) is 1. The van der Waals surface area contributed by atoms with Gasteiger partial charge in [-0.25, -0.2) is 0 Å². The Morgan fingerprint density at radius 3 is 0.870 bits per heavy atom. The Kier molecular flexibility index (Phi) is 45.1. The average Bonchev–Trinajstić information content (AvgIpc) is 1.70. The van der Waals surface area contributed by atoms with E-state index in [-0.39, 0.29) is 127 Å². The molecule has 13 nitrogen and oxygen atoms in total. The van der Waals surface area contributed by atoms with Crippen molar-refractivity contribution in [2.75, 3.05) is 18.9 Å². The zero-order valence-electron chi connectivity index (χ0n) is 12.5. The van der Waals surface area contributed by atoms with Gasteiger partial charge in [0.2, 0.25) is 0 Å². The van der Waals surface area contributed by atoms with Crippen LogP contribution in [-0.4, -0.2) is 54.9 Å². The molecule has 0 aromatic carbocycles. The molecule has 0 aliphatic heterocycles. The third-order valence-corrected chi connectivity index (χ3v) is 3.41. The van der Waals surface area contributed by atoms with Gasteiger partial charge in [-0.15, -0.1) is 0 Å². The van der Waals surface area contributed by atoms with Crippen LogP contribution in [0.25, 0.3) is 0 Å². The summed E-state index contributed by atoms with van der Waals surface area (Å²) in [7, 11) is -14.9. The number of hydrogen-bond acceptors (Lipinski definition) is 7. The van der Waals surface area contributed by atoms with Crippen molar-refractivity contribution in [2.24, 2.45) is 0 Å². The van der Waals surface area contributed by atoms with Crippen LogP contribution in [-0.2, 0) is 30.8 Å². The van der Waals surface area contributed by atoms with Crippen molar-refractivity contribution in [2.45, 2.75) is 0 Å². The molecule has 0 heterocycles. The van der Waals surface area contributed by atoms with Crippen molar-refractivity contribution < 1.29 is 165 Å². The topological polar surface area (TPSA) is 279 Å². The van der Waals surface area contributed by atoms with E-state index in [1.807, 2.05) is 0 Å². The minimum atomic E-state index is -4.96. The van der Waals surface area contributed by atoms with E-state index in [0.717, 1.165) is 0 Å². The first-order valence-electron chi connectivity index (χ1n) is 3.59. The fourth-order valence-corrected chi connectivity index (χ4v) is 3.48. The molecule has 9 N–H and O–H groups in total. The van der Waals surface area contributed by atoms with E-state index in [1.165, 1.54) is 0 Å². The van der Waals surface area contributed by atoms with Crippen molar-refractivity contribution in [3.05, 3.63) is 0 Å². The molecule has 0 rings (SSSR count). The summed E-state index contributed by atoms with van der Waals surface area (Å²) < 4.78 is 31.2. The fourth-order valence-electron chi connectivity index (χ4n) is 0.892. The second-order valence-electron chi connectivity index (χ2n) is 3.01. The first kappa shape index (κ1) is 50.5. The summed E-state index contributed by atoms with van der Waals surface area (Å²) in [6, 6.07) is 0. The van der Waals surface area contributed by atoms with Crippen LogP contribution < -0.4 is 103 Å². The van der Waals surface area contributed by atoms with E-state index in [4.69, 9.17) is 14.7 Å².